The molecule has 0 saturated heterocycles. The van der Waals surface area contributed by atoms with E-state index >= 15 is 0 Å². The van der Waals surface area contributed by atoms with Gasteiger partial charge >= 0.3 is 0 Å². The lowest BCUT2D eigenvalue weighted by molar-refractivity contribution is 0.0691. The lowest BCUT2D eigenvalue weighted by atomic mass is 9.98. The first-order chi connectivity index (χ1) is 12.9. The third-order valence-corrected chi connectivity index (χ3v) is 5.65. The summed E-state index contributed by atoms with van der Waals surface area (Å²) in [5.41, 5.74) is 1.84. The molecule has 0 bridgehead atoms. The summed E-state index contributed by atoms with van der Waals surface area (Å²) >= 11 is 9.62. The number of amides is 1. The van der Waals surface area contributed by atoms with E-state index in [4.69, 9.17) is 16.0 Å². The fourth-order valence-corrected chi connectivity index (χ4v) is 4.08. The minimum atomic E-state index is -0.627. The lowest BCUT2D eigenvalue weighted by Crippen LogP contribution is -2.32. The third kappa shape index (κ3) is 2.88. The van der Waals surface area contributed by atoms with Crippen LogP contribution in [0.25, 0.3) is 11.0 Å². The standard InChI is InChI=1S/C20H15BrClNO4/c1-10-7-15-13(9-14(10)22)18(25)16-17(11-3-2-4-12(21)8-11)23(5-6-24)20(26)19(16)27-15/h2-4,7-9,17,24H,5-6H2,1H3. The molecule has 1 aliphatic heterocycles. The fraction of sp³-hybridized carbons (Fsp3) is 0.200. The molecule has 5 nitrogen and oxygen atoms in total. The molecule has 0 spiro atoms. The van der Waals surface area contributed by atoms with Crippen molar-refractivity contribution in [3.8, 4) is 0 Å². The topological polar surface area (TPSA) is 70.8 Å². The van der Waals surface area contributed by atoms with Crippen molar-refractivity contribution in [3.63, 3.8) is 0 Å². The molecule has 27 heavy (non-hydrogen) atoms. The van der Waals surface area contributed by atoms with Crippen LogP contribution in [0.4, 0.5) is 0 Å². The first kappa shape index (κ1) is 18.2. The van der Waals surface area contributed by atoms with Gasteiger partial charge in [0, 0.05) is 16.0 Å². The molecule has 0 fully saturated rings. The number of β-amino-alcohol motifs (C(OH)–C–C–N with tert-alkyl or cyclic N) is 1. The van der Waals surface area contributed by atoms with E-state index in [0.29, 0.717) is 16.0 Å². The maximum atomic E-state index is 13.3. The Morgan fingerprint density at radius 2 is 2.04 bits per heavy atom. The smallest absolute Gasteiger partial charge is 0.290 e. The Bertz CT molecular complexity index is 1140. The van der Waals surface area contributed by atoms with Crippen LogP contribution < -0.4 is 5.43 Å². The number of carbonyl (C=O) groups excluding carboxylic acids is 1. The zero-order valence-electron chi connectivity index (χ0n) is 14.3. The van der Waals surface area contributed by atoms with Crippen LogP contribution in [0.5, 0.6) is 0 Å². The normalized spacial score (nSPS) is 16.2. The maximum absolute atomic E-state index is 13.3. The van der Waals surface area contributed by atoms with Crippen molar-refractivity contribution in [2.75, 3.05) is 13.2 Å². The molecule has 4 rings (SSSR count). The van der Waals surface area contributed by atoms with Crippen molar-refractivity contribution >= 4 is 44.4 Å². The number of nitrogens with zero attached hydrogens (tertiary/aromatic N) is 1. The molecule has 0 saturated carbocycles. The predicted octanol–water partition coefficient (Wildman–Crippen LogP) is 4.05. The zero-order valence-corrected chi connectivity index (χ0v) is 16.7. The molecule has 0 radical (unpaired) electrons. The van der Waals surface area contributed by atoms with Crippen LogP contribution >= 0.6 is 27.5 Å². The average molecular weight is 449 g/mol. The second-order valence-corrected chi connectivity index (χ2v) is 7.77. The molecular formula is C20H15BrClNO4. The molecule has 3 aromatic rings. The summed E-state index contributed by atoms with van der Waals surface area (Å²) in [5, 5.41) is 10.2. The van der Waals surface area contributed by atoms with Crippen LogP contribution in [-0.2, 0) is 0 Å². The third-order valence-electron chi connectivity index (χ3n) is 4.75. The van der Waals surface area contributed by atoms with Crippen molar-refractivity contribution in [1.82, 2.24) is 4.90 Å². The van der Waals surface area contributed by atoms with Crippen molar-refractivity contribution in [2.24, 2.45) is 0 Å². The van der Waals surface area contributed by atoms with Crippen LogP contribution in [-0.4, -0.2) is 29.1 Å². The summed E-state index contributed by atoms with van der Waals surface area (Å²) in [5.74, 6) is -0.386. The minimum Gasteiger partial charge on any atom is -0.450 e. The summed E-state index contributed by atoms with van der Waals surface area (Å²) in [6.45, 7) is 1.68. The molecular weight excluding hydrogens is 434 g/mol. The molecule has 2 heterocycles. The Morgan fingerprint density at radius 3 is 2.74 bits per heavy atom. The second kappa shape index (κ2) is 6.78. The zero-order chi connectivity index (χ0) is 19.3. The van der Waals surface area contributed by atoms with E-state index in [2.05, 4.69) is 15.9 Å². The van der Waals surface area contributed by atoms with E-state index in [1.54, 1.807) is 19.1 Å². The summed E-state index contributed by atoms with van der Waals surface area (Å²) in [7, 11) is 0. The maximum Gasteiger partial charge on any atom is 0.290 e. The predicted molar refractivity (Wildman–Crippen MR) is 106 cm³/mol. The van der Waals surface area contributed by atoms with E-state index in [0.717, 1.165) is 15.6 Å². The molecule has 1 aromatic heterocycles. The molecule has 1 N–H and O–H groups in total. The number of benzene rings is 2. The van der Waals surface area contributed by atoms with Gasteiger partial charge in [0.25, 0.3) is 5.91 Å². The fourth-order valence-electron chi connectivity index (χ4n) is 3.50. The lowest BCUT2D eigenvalue weighted by Gasteiger charge is -2.24. The molecule has 138 valence electrons. The summed E-state index contributed by atoms with van der Waals surface area (Å²) in [4.78, 5) is 27.7. The van der Waals surface area contributed by atoms with Crippen molar-refractivity contribution in [2.45, 2.75) is 13.0 Å². The van der Waals surface area contributed by atoms with Gasteiger partial charge in [0.2, 0.25) is 5.76 Å². The Morgan fingerprint density at radius 1 is 1.26 bits per heavy atom. The highest BCUT2D eigenvalue weighted by Crippen LogP contribution is 2.39. The first-order valence-electron chi connectivity index (χ1n) is 8.36. The quantitative estimate of drug-likeness (QED) is 0.656. The number of carbonyl (C=O) groups is 1. The van der Waals surface area contributed by atoms with Gasteiger partial charge in [0.1, 0.15) is 5.58 Å². The second-order valence-electron chi connectivity index (χ2n) is 6.45. The van der Waals surface area contributed by atoms with Crippen LogP contribution in [0.2, 0.25) is 5.02 Å². The van der Waals surface area contributed by atoms with Crippen molar-refractivity contribution < 1.29 is 14.3 Å². The van der Waals surface area contributed by atoms with Gasteiger partial charge in [-0.1, -0.05) is 39.7 Å². The van der Waals surface area contributed by atoms with E-state index in [1.165, 1.54) is 4.90 Å². The highest BCUT2D eigenvalue weighted by molar-refractivity contribution is 9.10. The Balaban J connectivity index is 2.04. The Hall–Kier alpha value is -2.15. The SMILES string of the molecule is Cc1cc2oc3c(c(=O)c2cc1Cl)C(c1cccc(Br)c1)N(CCO)C3=O. The Kier molecular flexibility index (Phi) is 4.58. The number of aryl methyl sites for hydroxylation is 1. The van der Waals surface area contributed by atoms with Gasteiger partial charge in [-0.15, -0.1) is 0 Å². The Labute approximate surface area is 168 Å². The molecule has 0 aliphatic carbocycles. The van der Waals surface area contributed by atoms with Gasteiger partial charge < -0.3 is 14.4 Å². The van der Waals surface area contributed by atoms with Crippen LogP contribution in [0.15, 0.2) is 50.1 Å². The summed E-state index contributed by atoms with van der Waals surface area (Å²) < 4.78 is 6.68. The number of rotatable bonds is 3. The summed E-state index contributed by atoms with van der Waals surface area (Å²) in [6.07, 6.45) is 0. The number of hydrogen-bond acceptors (Lipinski definition) is 4. The number of halogens is 2. The number of aliphatic hydroxyl groups is 1. The summed E-state index contributed by atoms with van der Waals surface area (Å²) in [6, 6.07) is 10.0. The van der Waals surface area contributed by atoms with Crippen molar-refractivity contribution in [1.29, 1.82) is 0 Å². The molecule has 1 aliphatic rings. The molecule has 1 amide bonds. The average Bonchev–Trinajstić information content (AvgIpc) is 2.90. The van der Waals surface area contributed by atoms with Gasteiger partial charge in [-0.05, 0) is 42.3 Å². The van der Waals surface area contributed by atoms with Gasteiger partial charge in [-0.25, -0.2) is 0 Å². The molecule has 7 heteroatoms. The van der Waals surface area contributed by atoms with Gasteiger partial charge in [0.15, 0.2) is 5.43 Å². The monoisotopic (exact) mass is 447 g/mol. The first-order valence-corrected chi connectivity index (χ1v) is 9.53. The van der Waals surface area contributed by atoms with Gasteiger partial charge in [0.05, 0.1) is 23.6 Å². The van der Waals surface area contributed by atoms with Gasteiger partial charge in [-0.2, -0.15) is 0 Å². The van der Waals surface area contributed by atoms with Gasteiger partial charge in [-0.3, -0.25) is 9.59 Å². The van der Waals surface area contributed by atoms with Crippen LogP contribution in [0.1, 0.15) is 33.3 Å². The van der Waals surface area contributed by atoms with Crippen molar-refractivity contribution in [3.05, 3.63) is 78.6 Å². The molecule has 2 aromatic carbocycles. The van der Waals surface area contributed by atoms with Crippen LogP contribution in [0, 0.1) is 6.92 Å². The highest BCUT2D eigenvalue weighted by Gasteiger charge is 2.42. The van der Waals surface area contributed by atoms with Crippen LogP contribution in [0.3, 0.4) is 0 Å². The van der Waals surface area contributed by atoms with E-state index in [-0.39, 0.29) is 29.9 Å². The number of hydrogen-bond donors (Lipinski definition) is 1. The van der Waals surface area contributed by atoms with E-state index in [9.17, 15) is 14.7 Å². The minimum absolute atomic E-state index is 0.0210. The molecule has 1 atom stereocenters. The largest absolute Gasteiger partial charge is 0.450 e. The van der Waals surface area contributed by atoms with E-state index < -0.39 is 11.9 Å². The highest BCUT2D eigenvalue weighted by atomic mass is 79.9. The number of aliphatic hydroxyl groups excluding tert-OH is 1. The number of fused-ring (bicyclic) bond motifs is 2. The van der Waals surface area contributed by atoms with E-state index in [1.807, 2.05) is 24.3 Å². The molecule has 1 unspecified atom stereocenters.